The summed E-state index contributed by atoms with van der Waals surface area (Å²) in [5.41, 5.74) is -2.61. The van der Waals surface area contributed by atoms with E-state index >= 15 is 0 Å². The Bertz CT molecular complexity index is 1110. The number of Topliss-reactive ketones (excluding diaryl/α,β-unsaturated/α-hetero) is 1. The van der Waals surface area contributed by atoms with Crippen LogP contribution < -0.4 is 10.6 Å². The van der Waals surface area contributed by atoms with Crippen molar-refractivity contribution in [3.05, 3.63) is 58.3 Å². The second-order valence-corrected chi connectivity index (χ2v) is 8.46. The number of rotatable bonds is 6. The number of aliphatic hydroxyl groups excluding tert-OH is 1. The van der Waals surface area contributed by atoms with E-state index in [1.54, 1.807) is 19.1 Å². The SMILES string of the molecule is Cc1ccc(C(I)NC2=C(Nc3ccc(C(F)(F)F)c(C(=O)N(C)C)c3O)C(O)C2=O)o1. The van der Waals surface area contributed by atoms with E-state index in [0.717, 1.165) is 11.0 Å². The number of aliphatic hydroxyl groups is 1. The number of ketones is 1. The summed E-state index contributed by atoms with van der Waals surface area (Å²) in [6, 6.07) is 5.00. The summed E-state index contributed by atoms with van der Waals surface area (Å²) < 4.78 is 45.2. The maximum Gasteiger partial charge on any atom is 0.417 e. The summed E-state index contributed by atoms with van der Waals surface area (Å²) in [6.45, 7) is 1.75. The van der Waals surface area contributed by atoms with E-state index in [1.165, 1.54) is 14.1 Å². The fourth-order valence-electron chi connectivity index (χ4n) is 3.04. The van der Waals surface area contributed by atoms with E-state index in [-0.39, 0.29) is 17.1 Å². The minimum atomic E-state index is -4.88. The average Bonchev–Trinajstić information content (AvgIpc) is 3.15. The van der Waals surface area contributed by atoms with Crippen molar-refractivity contribution < 1.29 is 37.4 Å². The first-order valence-corrected chi connectivity index (χ1v) is 10.4. The van der Waals surface area contributed by atoms with Gasteiger partial charge in [0, 0.05) is 14.1 Å². The second-order valence-electron chi connectivity index (χ2n) is 7.22. The Morgan fingerprint density at radius 3 is 2.44 bits per heavy atom. The van der Waals surface area contributed by atoms with Crippen LogP contribution in [0.15, 0.2) is 40.1 Å². The number of aromatic hydroxyl groups is 1. The topological polar surface area (TPSA) is 115 Å². The molecule has 4 N–H and O–H groups in total. The molecule has 2 atom stereocenters. The highest BCUT2D eigenvalue weighted by Crippen LogP contribution is 2.41. The van der Waals surface area contributed by atoms with Crippen molar-refractivity contribution >= 4 is 40.0 Å². The van der Waals surface area contributed by atoms with Gasteiger partial charge in [0.1, 0.15) is 21.3 Å². The molecule has 1 aliphatic rings. The number of hydrogen-bond acceptors (Lipinski definition) is 7. The van der Waals surface area contributed by atoms with Crippen LogP contribution in [0.1, 0.15) is 31.5 Å². The molecule has 1 amide bonds. The van der Waals surface area contributed by atoms with E-state index < -0.39 is 44.9 Å². The number of aryl methyl sites for hydroxylation is 1. The summed E-state index contributed by atoms with van der Waals surface area (Å²) in [4.78, 5) is 25.4. The first kappa shape index (κ1) is 23.9. The van der Waals surface area contributed by atoms with Gasteiger partial charge in [-0.3, -0.25) is 9.59 Å². The number of carbonyl (C=O) groups excluding carboxylic acids is 2. The minimum absolute atomic E-state index is 0.0225. The van der Waals surface area contributed by atoms with Crippen molar-refractivity contribution in [1.29, 1.82) is 0 Å². The van der Waals surface area contributed by atoms with Crippen LogP contribution in [0.3, 0.4) is 0 Å². The normalized spacial score (nSPS) is 17.1. The summed E-state index contributed by atoms with van der Waals surface area (Å²) in [7, 11) is 2.50. The Hall–Kier alpha value is -2.74. The molecule has 1 aromatic carbocycles. The molecule has 0 aliphatic heterocycles. The molecule has 1 heterocycles. The molecule has 0 saturated carbocycles. The van der Waals surface area contributed by atoms with Crippen LogP contribution in [-0.2, 0) is 11.0 Å². The lowest BCUT2D eigenvalue weighted by atomic mass is 9.94. The molecule has 1 aromatic heterocycles. The van der Waals surface area contributed by atoms with Crippen molar-refractivity contribution in [3.8, 4) is 5.75 Å². The smallest absolute Gasteiger partial charge is 0.417 e. The van der Waals surface area contributed by atoms with Crippen LogP contribution in [0.2, 0.25) is 0 Å². The molecule has 172 valence electrons. The van der Waals surface area contributed by atoms with Gasteiger partial charge in [-0.2, -0.15) is 13.2 Å². The number of nitrogens with zero attached hydrogens (tertiary/aromatic N) is 1. The van der Waals surface area contributed by atoms with Crippen LogP contribution in [0.5, 0.6) is 5.75 Å². The van der Waals surface area contributed by atoms with Gasteiger partial charge in [-0.1, -0.05) is 0 Å². The number of anilines is 1. The molecule has 1 aliphatic carbocycles. The second kappa shape index (κ2) is 8.65. The summed E-state index contributed by atoms with van der Waals surface area (Å²) >= 11 is 1.97. The number of hydrogen-bond donors (Lipinski definition) is 4. The molecular weight excluding hydrogens is 546 g/mol. The van der Waals surface area contributed by atoms with Crippen LogP contribution >= 0.6 is 22.6 Å². The number of halogens is 4. The number of carbonyl (C=O) groups is 2. The third kappa shape index (κ3) is 4.41. The molecule has 0 fully saturated rings. The van der Waals surface area contributed by atoms with Crippen LogP contribution in [-0.4, -0.2) is 47.0 Å². The van der Waals surface area contributed by atoms with Gasteiger partial charge in [-0.05, 0) is 53.8 Å². The van der Waals surface area contributed by atoms with Gasteiger partial charge in [-0.15, -0.1) is 0 Å². The molecule has 2 unspecified atom stereocenters. The number of phenols is 1. The lowest BCUT2D eigenvalue weighted by Gasteiger charge is -2.31. The van der Waals surface area contributed by atoms with Gasteiger partial charge >= 0.3 is 6.18 Å². The highest BCUT2D eigenvalue weighted by molar-refractivity contribution is 14.1. The van der Waals surface area contributed by atoms with E-state index in [1.807, 2.05) is 22.6 Å². The van der Waals surface area contributed by atoms with Gasteiger partial charge in [0.05, 0.1) is 22.5 Å². The standard InChI is InChI=1S/C20H19F3IN3O5/c1-8-4-7-11(32-8)18(24)26-14-13(16(29)17(14)30)25-10-6-5-9(20(21,22)23)12(15(10)28)19(31)27(2)3/h4-7,16,18,25-26,28-29H,1-3H3. The van der Waals surface area contributed by atoms with E-state index in [9.17, 15) is 33.0 Å². The fourth-order valence-corrected chi connectivity index (χ4v) is 3.69. The third-order valence-corrected chi connectivity index (χ3v) is 5.62. The van der Waals surface area contributed by atoms with Gasteiger partial charge in [0.15, 0.2) is 11.9 Å². The first-order chi connectivity index (χ1) is 14.8. The molecule has 8 nitrogen and oxygen atoms in total. The number of alkyl halides is 4. The molecule has 0 saturated heterocycles. The van der Waals surface area contributed by atoms with E-state index in [0.29, 0.717) is 17.6 Å². The summed E-state index contributed by atoms with van der Waals surface area (Å²) in [6.07, 6.45) is -6.46. The maximum absolute atomic E-state index is 13.4. The zero-order valence-electron chi connectivity index (χ0n) is 17.0. The monoisotopic (exact) mass is 565 g/mol. The number of phenolic OH excluding ortho intramolecular Hbond substituents is 1. The molecule has 12 heteroatoms. The largest absolute Gasteiger partial charge is 0.505 e. The quantitative estimate of drug-likeness (QED) is 0.184. The van der Waals surface area contributed by atoms with Crippen molar-refractivity contribution in [3.63, 3.8) is 0 Å². The van der Waals surface area contributed by atoms with Crippen molar-refractivity contribution in [1.82, 2.24) is 10.2 Å². The molecule has 3 rings (SSSR count). The van der Waals surface area contributed by atoms with Gasteiger partial charge < -0.3 is 30.2 Å². The Balaban J connectivity index is 1.98. The lowest BCUT2D eigenvalue weighted by molar-refractivity contribution is -0.138. The Morgan fingerprint density at radius 1 is 1.25 bits per heavy atom. The van der Waals surface area contributed by atoms with E-state index in [4.69, 9.17) is 4.42 Å². The maximum atomic E-state index is 13.4. The van der Waals surface area contributed by atoms with Crippen LogP contribution in [0.4, 0.5) is 18.9 Å². The number of amides is 1. The van der Waals surface area contributed by atoms with Gasteiger partial charge in [-0.25, -0.2) is 0 Å². The predicted octanol–water partition coefficient (Wildman–Crippen LogP) is 3.30. The zero-order chi connectivity index (χ0) is 24.0. The predicted molar refractivity (Wildman–Crippen MR) is 116 cm³/mol. The van der Waals surface area contributed by atoms with Crippen LogP contribution in [0.25, 0.3) is 0 Å². The van der Waals surface area contributed by atoms with Gasteiger partial charge in [0.2, 0.25) is 5.78 Å². The molecule has 0 radical (unpaired) electrons. The van der Waals surface area contributed by atoms with Crippen molar-refractivity contribution in [2.45, 2.75) is 23.3 Å². The fraction of sp³-hybridized carbons (Fsp3) is 0.300. The Labute approximate surface area is 194 Å². The molecular formula is C20H19F3IN3O5. The van der Waals surface area contributed by atoms with Crippen molar-refractivity contribution in [2.24, 2.45) is 0 Å². The number of benzene rings is 1. The Morgan fingerprint density at radius 2 is 1.91 bits per heavy atom. The van der Waals surface area contributed by atoms with E-state index in [2.05, 4.69) is 10.6 Å². The first-order valence-electron chi connectivity index (χ1n) is 9.18. The lowest BCUT2D eigenvalue weighted by Crippen LogP contribution is -2.45. The Kier molecular flexibility index (Phi) is 6.47. The molecule has 32 heavy (non-hydrogen) atoms. The van der Waals surface area contributed by atoms with Crippen LogP contribution in [0, 0.1) is 6.92 Å². The zero-order valence-corrected chi connectivity index (χ0v) is 19.2. The highest BCUT2D eigenvalue weighted by atomic mass is 127. The molecule has 2 aromatic rings. The minimum Gasteiger partial charge on any atom is -0.505 e. The third-order valence-electron chi connectivity index (χ3n) is 4.69. The summed E-state index contributed by atoms with van der Waals surface area (Å²) in [5, 5.41) is 26.0. The highest BCUT2D eigenvalue weighted by Gasteiger charge is 2.41. The molecule has 0 spiro atoms. The molecule has 0 bridgehead atoms. The number of nitrogens with one attached hydrogen (secondary N) is 2. The number of furan rings is 1. The van der Waals surface area contributed by atoms with Crippen molar-refractivity contribution in [2.75, 3.05) is 19.4 Å². The summed E-state index contributed by atoms with van der Waals surface area (Å²) in [5.74, 6) is -1.49. The average molecular weight is 565 g/mol. The van der Waals surface area contributed by atoms with Gasteiger partial charge in [0.25, 0.3) is 5.91 Å².